The van der Waals surface area contributed by atoms with Crippen LogP contribution in [0.2, 0.25) is 5.02 Å². The maximum absolute atomic E-state index is 8.13. The first-order valence-corrected chi connectivity index (χ1v) is 3.93. The predicted molar refractivity (Wildman–Crippen MR) is 49.5 cm³/mol. The molecule has 0 atom stereocenters. The summed E-state index contributed by atoms with van der Waals surface area (Å²) in [4.78, 5) is 0. The van der Waals surface area contributed by atoms with Gasteiger partial charge in [-0.25, -0.2) is 0 Å². The molecule has 1 rings (SSSR count). The second kappa shape index (κ2) is 4.43. The maximum Gasteiger partial charge on any atom is 0.200 e. The standard InChI is InChI=1S/C8H7ClN4/c1-6-7(9)3-2-4-8(6)12-13-11-5-10/h2-4H,1H3,(H,11,12). The van der Waals surface area contributed by atoms with Crippen molar-refractivity contribution < 1.29 is 0 Å². The summed E-state index contributed by atoms with van der Waals surface area (Å²) >= 11 is 5.84. The van der Waals surface area contributed by atoms with Crippen LogP contribution in [0.5, 0.6) is 0 Å². The van der Waals surface area contributed by atoms with Gasteiger partial charge in [0, 0.05) is 5.02 Å². The molecule has 0 fully saturated rings. The minimum atomic E-state index is 0.633. The van der Waals surface area contributed by atoms with Gasteiger partial charge < -0.3 is 0 Å². The Morgan fingerprint density at radius 1 is 1.54 bits per heavy atom. The molecule has 0 saturated carbocycles. The maximum atomic E-state index is 8.13. The number of benzene rings is 1. The molecule has 0 spiro atoms. The summed E-state index contributed by atoms with van der Waals surface area (Å²) in [5.41, 5.74) is 3.55. The lowest BCUT2D eigenvalue weighted by Crippen LogP contribution is -1.89. The summed E-state index contributed by atoms with van der Waals surface area (Å²) in [6, 6.07) is 5.31. The van der Waals surface area contributed by atoms with E-state index in [1.54, 1.807) is 24.4 Å². The summed E-state index contributed by atoms with van der Waals surface area (Å²) < 4.78 is 0. The van der Waals surface area contributed by atoms with Gasteiger partial charge in [-0.1, -0.05) is 22.9 Å². The van der Waals surface area contributed by atoms with Crippen LogP contribution in [-0.2, 0) is 0 Å². The lowest BCUT2D eigenvalue weighted by molar-refractivity contribution is 0.885. The van der Waals surface area contributed by atoms with Crippen LogP contribution in [0.1, 0.15) is 5.56 Å². The SMILES string of the molecule is Cc1c(Cl)cccc1N=NNC#N. The first-order valence-electron chi connectivity index (χ1n) is 3.55. The molecule has 5 heteroatoms. The Balaban J connectivity index is 2.90. The van der Waals surface area contributed by atoms with Crippen molar-refractivity contribution >= 4 is 17.3 Å². The Kier molecular flexibility index (Phi) is 3.23. The lowest BCUT2D eigenvalue weighted by Gasteiger charge is -1.99. The molecule has 0 radical (unpaired) electrons. The second-order valence-electron chi connectivity index (χ2n) is 2.31. The number of nitriles is 1. The third kappa shape index (κ3) is 2.42. The van der Waals surface area contributed by atoms with Crippen LogP contribution in [-0.4, -0.2) is 0 Å². The number of halogens is 1. The van der Waals surface area contributed by atoms with E-state index in [1.807, 2.05) is 6.92 Å². The summed E-state index contributed by atoms with van der Waals surface area (Å²) in [5.74, 6) is 0. The van der Waals surface area contributed by atoms with Crippen LogP contribution in [0.15, 0.2) is 28.5 Å². The fourth-order valence-electron chi connectivity index (χ4n) is 0.806. The fourth-order valence-corrected chi connectivity index (χ4v) is 0.975. The number of nitrogens with one attached hydrogen (secondary N) is 1. The molecule has 13 heavy (non-hydrogen) atoms. The molecule has 1 N–H and O–H groups in total. The molecule has 0 unspecified atom stereocenters. The molecule has 0 aliphatic carbocycles. The third-order valence-electron chi connectivity index (χ3n) is 1.50. The minimum Gasteiger partial charge on any atom is -0.194 e. The van der Waals surface area contributed by atoms with E-state index in [2.05, 4.69) is 15.8 Å². The van der Waals surface area contributed by atoms with Crippen LogP contribution >= 0.6 is 11.6 Å². The highest BCUT2D eigenvalue weighted by molar-refractivity contribution is 6.31. The number of hydrogen-bond donors (Lipinski definition) is 1. The van der Waals surface area contributed by atoms with Crippen molar-refractivity contribution in [2.24, 2.45) is 10.3 Å². The number of rotatable bonds is 2. The van der Waals surface area contributed by atoms with Gasteiger partial charge in [-0.05, 0) is 24.6 Å². The van der Waals surface area contributed by atoms with E-state index >= 15 is 0 Å². The zero-order valence-corrected chi connectivity index (χ0v) is 7.71. The Labute approximate surface area is 80.8 Å². The van der Waals surface area contributed by atoms with Gasteiger partial charge in [0.25, 0.3) is 0 Å². The van der Waals surface area contributed by atoms with Crippen LogP contribution in [0, 0.1) is 18.4 Å². The van der Waals surface area contributed by atoms with Gasteiger partial charge in [-0.3, -0.25) is 0 Å². The fraction of sp³-hybridized carbons (Fsp3) is 0.125. The molecule has 0 aromatic heterocycles. The van der Waals surface area contributed by atoms with Crippen molar-refractivity contribution in [3.05, 3.63) is 28.8 Å². The molecule has 66 valence electrons. The minimum absolute atomic E-state index is 0.633. The van der Waals surface area contributed by atoms with Crippen LogP contribution in [0.25, 0.3) is 0 Å². The van der Waals surface area contributed by atoms with Crippen molar-refractivity contribution in [3.63, 3.8) is 0 Å². The van der Waals surface area contributed by atoms with E-state index in [1.165, 1.54) is 0 Å². The van der Waals surface area contributed by atoms with E-state index in [4.69, 9.17) is 16.9 Å². The monoisotopic (exact) mass is 194 g/mol. The molecular formula is C8H7ClN4. The summed E-state index contributed by atoms with van der Waals surface area (Å²) in [6.45, 7) is 1.84. The zero-order valence-electron chi connectivity index (χ0n) is 6.95. The molecule has 0 bridgehead atoms. The molecule has 1 aromatic carbocycles. The Morgan fingerprint density at radius 3 is 3.00 bits per heavy atom. The third-order valence-corrected chi connectivity index (χ3v) is 1.91. The van der Waals surface area contributed by atoms with Crippen molar-refractivity contribution in [3.8, 4) is 6.19 Å². The average Bonchev–Trinajstić information content (AvgIpc) is 2.13. The zero-order chi connectivity index (χ0) is 9.68. The van der Waals surface area contributed by atoms with Crippen molar-refractivity contribution in [1.29, 1.82) is 5.26 Å². The molecular weight excluding hydrogens is 188 g/mol. The van der Waals surface area contributed by atoms with E-state index in [0.29, 0.717) is 10.7 Å². The van der Waals surface area contributed by atoms with Gasteiger partial charge in [0.15, 0.2) is 6.19 Å². The van der Waals surface area contributed by atoms with E-state index in [-0.39, 0.29) is 0 Å². The second-order valence-corrected chi connectivity index (χ2v) is 2.71. The summed E-state index contributed by atoms with van der Waals surface area (Å²) in [5, 5.41) is 15.9. The average molecular weight is 195 g/mol. The van der Waals surface area contributed by atoms with Gasteiger partial charge >= 0.3 is 0 Å². The topological polar surface area (TPSA) is 60.5 Å². The largest absolute Gasteiger partial charge is 0.200 e. The van der Waals surface area contributed by atoms with Crippen LogP contribution in [0.3, 0.4) is 0 Å². The van der Waals surface area contributed by atoms with Gasteiger partial charge in [-0.15, -0.1) is 5.11 Å². The highest BCUT2D eigenvalue weighted by atomic mass is 35.5. The van der Waals surface area contributed by atoms with Crippen molar-refractivity contribution in [2.75, 3.05) is 0 Å². The van der Waals surface area contributed by atoms with Gasteiger partial charge in [0.05, 0.1) is 5.69 Å². The molecule has 0 amide bonds. The van der Waals surface area contributed by atoms with E-state index < -0.39 is 0 Å². The smallest absolute Gasteiger partial charge is 0.194 e. The predicted octanol–water partition coefficient (Wildman–Crippen LogP) is 2.72. The Bertz CT molecular complexity index is 367. The first-order chi connectivity index (χ1) is 6.25. The van der Waals surface area contributed by atoms with Crippen LogP contribution in [0.4, 0.5) is 5.69 Å². The van der Waals surface area contributed by atoms with Crippen molar-refractivity contribution in [2.45, 2.75) is 6.92 Å². The van der Waals surface area contributed by atoms with E-state index in [0.717, 1.165) is 5.56 Å². The van der Waals surface area contributed by atoms with Gasteiger partial charge in [0.2, 0.25) is 0 Å². The molecule has 0 aliphatic heterocycles. The molecule has 0 saturated heterocycles. The number of nitrogens with zero attached hydrogens (tertiary/aromatic N) is 3. The molecule has 0 heterocycles. The lowest BCUT2D eigenvalue weighted by atomic mass is 10.2. The molecule has 0 aliphatic rings. The number of hydrogen-bond acceptors (Lipinski definition) is 3. The Morgan fingerprint density at radius 2 is 2.31 bits per heavy atom. The van der Waals surface area contributed by atoms with E-state index in [9.17, 15) is 0 Å². The summed E-state index contributed by atoms with van der Waals surface area (Å²) in [6.07, 6.45) is 1.63. The Hall–Kier alpha value is -1.60. The van der Waals surface area contributed by atoms with Crippen molar-refractivity contribution in [1.82, 2.24) is 5.43 Å². The normalized spacial score (nSPS) is 9.92. The molecule has 4 nitrogen and oxygen atoms in total. The van der Waals surface area contributed by atoms with Gasteiger partial charge in [0.1, 0.15) is 0 Å². The molecule has 1 aromatic rings. The summed E-state index contributed by atoms with van der Waals surface area (Å²) in [7, 11) is 0. The highest BCUT2D eigenvalue weighted by Gasteiger charge is 1.99. The quantitative estimate of drug-likeness (QED) is 0.341. The highest BCUT2D eigenvalue weighted by Crippen LogP contribution is 2.25. The van der Waals surface area contributed by atoms with Gasteiger partial charge in [-0.2, -0.15) is 10.7 Å². The van der Waals surface area contributed by atoms with Crippen LogP contribution < -0.4 is 5.43 Å². The first kappa shape index (κ1) is 9.49.